The number of hydrogen-bond acceptors (Lipinski definition) is 6. The van der Waals surface area contributed by atoms with Gasteiger partial charge in [0.2, 0.25) is 5.90 Å². The molecule has 0 saturated carbocycles. The van der Waals surface area contributed by atoms with Crippen LogP contribution >= 0.6 is 23.2 Å². The van der Waals surface area contributed by atoms with Crippen LogP contribution in [-0.4, -0.2) is 35.9 Å². The average molecular weight is 399 g/mol. The number of benzene rings is 1. The first-order valence-electron chi connectivity index (χ1n) is 8.52. The number of aliphatic hydroxyl groups excluding tert-OH is 1. The zero-order chi connectivity index (χ0) is 18.4. The highest BCUT2D eigenvalue weighted by Gasteiger charge is 2.16. The fourth-order valence-electron chi connectivity index (χ4n) is 2.63. The van der Waals surface area contributed by atoms with Gasteiger partial charge in [-0.05, 0) is 31.4 Å². The van der Waals surface area contributed by atoms with Crippen LogP contribution in [-0.2, 0) is 17.8 Å². The average Bonchev–Trinajstić information content (AvgIpc) is 3.31. The molecule has 1 aromatic carbocycles. The number of nitrogens with zero attached hydrogens (tertiary/aromatic N) is 2. The third-order valence-electron chi connectivity index (χ3n) is 3.91. The number of unbranched alkanes of at least 4 members (excludes halogenated alkanes) is 2. The zero-order valence-electron chi connectivity index (χ0n) is 14.2. The number of ether oxygens (including phenoxy) is 2. The van der Waals surface area contributed by atoms with Gasteiger partial charge in [-0.25, -0.2) is 4.99 Å². The molecular formula is C18H20Cl2N2O4. The van der Waals surface area contributed by atoms with Crippen LogP contribution in [0.25, 0.3) is 0 Å². The molecule has 1 aliphatic heterocycles. The molecule has 2 heterocycles. The van der Waals surface area contributed by atoms with Crippen molar-refractivity contribution >= 4 is 29.1 Å². The van der Waals surface area contributed by atoms with E-state index >= 15 is 0 Å². The van der Waals surface area contributed by atoms with Crippen LogP contribution in [0.2, 0.25) is 10.0 Å². The highest BCUT2D eigenvalue weighted by Crippen LogP contribution is 2.35. The molecule has 0 spiro atoms. The van der Waals surface area contributed by atoms with Gasteiger partial charge in [0, 0.05) is 18.1 Å². The molecule has 0 atom stereocenters. The lowest BCUT2D eigenvalue weighted by Gasteiger charge is -2.11. The summed E-state index contributed by atoms with van der Waals surface area (Å²) >= 11 is 12.6. The van der Waals surface area contributed by atoms with Crippen LogP contribution in [0.5, 0.6) is 5.75 Å². The molecule has 0 aliphatic carbocycles. The smallest absolute Gasteiger partial charge is 0.216 e. The molecule has 1 aliphatic rings. The van der Waals surface area contributed by atoms with E-state index in [9.17, 15) is 0 Å². The maximum atomic E-state index is 8.95. The summed E-state index contributed by atoms with van der Waals surface area (Å²) in [5.41, 5.74) is 1.32. The molecule has 1 aromatic heterocycles. The molecule has 140 valence electrons. The van der Waals surface area contributed by atoms with Crippen molar-refractivity contribution < 1.29 is 19.1 Å². The lowest BCUT2D eigenvalue weighted by atomic mass is 10.1. The van der Waals surface area contributed by atoms with Gasteiger partial charge in [-0.2, -0.15) is 0 Å². The largest absolute Gasteiger partial charge is 0.490 e. The molecule has 2 aromatic rings. The minimum atomic E-state index is -0.100. The summed E-state index contributed by atoms with van der Waals surface area (Å²) in [6.45, 7) is 1.65. The fraction of sp³-hybridized carbons (Fsp3) is 0.444. The van der Waals surface area contributed by atoms with Gasteiger partial charge in [0.05, 0.1) is 29.8 Å². The molecule has 1 N–H and O–H groups in total. The predicted molar refractivity (Wildman–Crippen MR) is 99.3 cm³/mol. The highest BCUT2D eigenvalue weighted by atomic mass is 35.5. The van der Waals surface area contributed by atoms with Crippen molar-refractivity contribution in [2.45, 2.75) is 32.3 Å². The first kappa shape index (κ1) is 19.0. The standard InChI is InChI=1S/C18H20Cl2N2O4/c19-15-8-12(18-21-5-7-25-18)9-16(20)17(15)24-6-3-1-2-4-14-10-13(11-23)22-26-14/h8-10,23H,1-7,11H2. The van der Waals surface area contributed by atoms with Crippen molar-refractivity contribution in [3.05, 3.63) is 45.3 Å². The predicted octanol–water partition coefficient (Wildman–Crippen LogP) is 4.04. The van der Waals surface area contributed by atoms with Gasteiger partial charge >= 0.3 is 0 Å². The van der Waals surface area contributed by atoms with Crippen LogP contribution in [0.4, 0.5) is 0 Å². The molecule has 0 unspecified atom stereocenters. The van der Waals surface area contributed by atoms with Gasteiger partial charge in [-0.3, -0.25) is 0 Å². The number of halogens is 2. The Balaban J connectivity index is 1.43. The van der Waals surface area contributed by atoms with Crippen LogP contribution in [0, 0.1) is 0 Å². The maximum absolute atomic E-state index is 8.95. The van der Waals surface area contributed by atoms with E-state index in [-0.39, 0.29) is 6.61 Å². The number of hydrogen-bond donors (Lipinski definition) is 1. The highest BCUT2D eigenvalue weighted by molar-refractivity contribution is 6.37. The van der Waals surface area contributed by atoms with Gasteiger partial charge in [0.25, 0.3) is 0 Å². The quantitative estimate of drug-likeness (QED) is 0.644. The van der Waals surface area contributed by atoms with Gasteiger partial charge in [0.15, 0.2) is 5.75 Å². The van der Waals surface area contributed by atoms with E-state index in [4.69, 9.17) is 42.3 Å². The number of aliphatic hydroxyl groups is 1. The Labute approximate surface area is 161 Å². The molecule has 3 rings (SSSR count). The van der Waals surface area contributed by atoms with E-state index in [2.05, 4.69) is 10.1 Å². The minimum Gasteiger partial charge on any atom is -0.490 e. The topological polar surface area (TPSA) is 77.1 Å². The molecule has 26 heavy (non-hydrogen) atoms. The molecular weight excluding hydrogens is 379 g/mol. The Morgan fingerprint density at radius 2 is 1.92 bits per heavy atom. The Bertz CT molecular complexity index is 753. The van der Waals surface area contributed by atoms with Crippen LogP contribution in [0.1, 0.15) is 36.3 Å². The van der Waals surface area contributed by atoms with Crippen molar-refractivity contribution in [2.24, 2.45) is 4.99 Å². The summed E-state index contributed by atoms with van der Waals surface area (Å²) < 4.78 is 16.3. The Morgan fingerprint density at radius 3 is 2.58 bits per heavy atom. The lowest BCUT2D eigenvalue weighted by Crippen LogP contribution is -2.03. The first-order chi connectivity index (χ1) is 12.7. The number of aromatic nitrogens is 1. The molecule has 0 radical (unpaired) electrons. The number of rotatable bonds is 9. The van der Waals surface area contributed by atoms with Crippen molar-refractivity contribution in [1.29, 1.82) is 0 Å². The van der Waals surface area contributed by atoms with Crippen molar-refractivity contribution in [3.63, 3.8) is 0 Å². The summed E-state index contributed by atoms with van der Waals surface area (Å²) in [6.07, 6.45) is 3.56. The second-order valence-electron chi connectivity index (χ2n) is 5.91. The fourth-order valence-corrected chi connectivity index (χ4v) is 3.23. The third kappa shape index (κ3) is 4.90. The molecule has 8 heteroatoms. The Kier molecular flexibility index (Phi) is 6.77. The maximum Gasteiger partial charge on any atom is 0.216 e. The Morgan fingerprint density at radius 1 is 1.12 bits per heavy atom. The first-order valence-corrected chi connectivity index (χ1v) is 9.28. The molecule has 0 saturated heterocycles. The van der Waals surface area contributed by atoms with Gasteiger partial charge < -0.3 is 19.1 Å². The normalized spacial score (nSPS) is 13.6. The molecule has 0 bridgehead atoms. The van der Waals surface area contributed by atoms with Crippen LogP contribution in [0.15, 0.2) is 27.7 Å². The van der Waals surface area contributed by atoms with E-state index in [0.717, 1.165) is 37.0 Å². The van der Waals surface area contributed by atoms with Gasteiger partial charge in [0.1, 0.15) is 18.1 Å². The second-order valence-corrected chi connectivity index (χ2v) is 6.72. The summed E-state index contributed by atoms with van der Waals surface area (Å²) in [4.78, 5) is 4.26. The second kappa shape index (κ2) is 9.26. The summed E-state index contributed by atoms with van der Waals surface area (Å²) in [5, 5.41) is 13.6. The van der Waals surface area contributed by atoms with Crippen LogP contribution < -0.4 is 4.74 Å². The van der Waals surface area contributed by atoms with Crippen LogP contribution in [0.3, 0.4) is 0 Å². The summed E-state index contributed by atoms with van der Waals surface area (Å²) in [5.74, 6) is 1.84. The van der Waals surface area contributed by atoms with E-state index in [1.54, 1.807) is 18.2 Å². The minimum absolute atomic E-state index is 0.100. The van der Waals surface area contributed by atoms with Crippen molar-refractivity contribution in [2.75, 3.05) is 19.8 Å². The molecule has 0 fully saturated rings. The zero-order valence-corrected chi connectivity index (χ0v) is 15.7. The monoisotopic (exact) mass is 398 g/mol. The van der Waals surface area contributed by atoms with E-state index < -0.39 is 0 Å². The van der Waals surface area contributed by atoms with E-state index in [0.29, 0.717) is 47.1 Å². The number of aryl methyl sites for hydroxylation is 1. The van der Waals surface area contributed by atoms with E-state index in [1.165, 1.54) is 0 Å². The Hall–Kier alpha value is -1.76. The van der Waals surface area contributed by atoms with Gasteiger partial charge in [-0.1, -0.05) is 28.4 Å². The summed E-state index contributed by atoms with van der Waals surface area (Å²) in [6, 6.07) is 5.29. The molecule has 0 amide bonds. The third-order valence-corrected chi connectivity index (χ3v) is 4.48. The SMILES string of the molecule is OCc1cc(CCCCCOc2c(Cl)cc(C3=NCCO3)cc2Cl)on1. The van der Waals surface area contributed by atoms with Crippen molar-refractivity contribution in [3.8, 4) is 5.75 Å². The summed E-state index contributed by atoms with van der Waals surface area (Å²) in [7, 11) is 0. The number of aliphatic imine (C=N–C) groups is 1. The molecule has 6 nitrogen and oxygen atoms in total. The van der Waals surface area contributed by atoms with Gasteiger partial charge in [-0.15, -0.1) is 0 Å². The lowest BCUT2D eigenvalue weighted by molar-refractivity contribution is 0.264. The van der Waals surface area contributed by atoms with E-state index in [1.807, 2.05) is 0 Å². The van der Waals surface area contributed by atoms with Crippen molar-refractivity contribution in [1.82, 2.24) is 5.16 Å².